The molecule has 0 fully saturated rings. The van der Waals surface area contributed by atoms with Crippen molar-refractivity contribution < 1.29 is 17.9 Å². The second-order valence-corrected chi connectivity index (χ2v) is 8.15. The van der Waals surface area contributed by atoms with Crippen LogP contribution in [0.25, 0.3) is 0 Å². The number of carbonyl (C=O) groups excluding carboxylic acids is 1. The number of benzene rings is 1. The van der Waals surface area contributed by atoms with E-state index in [1.165, 1.54) is 18.2 Å². The summed E-state index contributed by atoms with van der Waals surface area (Å²) in [4.78, 5) is 11.9. The Balaban J connectivity index is 2.99. The van der Waals surface area contributed by atoms with Gasteiger partial charge in [0.05, 0.1) is 16.1 Å². The minimum Gasteiger partial charge on any atom is -0.377 e. The molecule has 1 rings (SSSR count). The van der Waals surface area contributed by atoms with Crippen LogP contribution in [0.1, 0.15) is 24.2 Å². The molecule has 0 aliphatic carbocycles. The second-order valence-electron chi connectivity index (χ2n) is 4.73. The number of ether oxygens (including phenoxy) is 1. The van der Waals surface area contributed by atoms with E-state index in [1.807, 2.05) is 13.8 Å². The maximum Gasteiger partial charge on any atom is 0.261 e. The Morgan fingerprint density at radius 3 is 2.55 bits per heavy atom. The second kappa shape index (κ2) is 6.43. The molecule has 0 bridgehead atoms. The molecule has 5 nitrogen and oxygen atoms in total. The number of rotatable bonds is 5. The first kappa shape index (κ1) is 17.4. The molecule has 0 unspecified atom stereocenters. The van der Waals surface area contributed by atoms with Crippen molar-refractivity contribution in [3.8, 4) is 0 Å². The van der Waals surface area contributed by atoms with Crippen molar-refractivity contribution in [1.82, 2.24) is 5.32 Å². The molecule has 0 saturated heterocycles. The fourth-order valence-corrected chi connectivity index (χ4v) is 2.49. The summed E-state index contributed by atoms with van der Waals surface area (Å²) in [7, 11) is 2.93. The van der Waals surface area contributed by atoms with Crippen molar-refractivity contribution in [1.29, 1.82) is 0 Å². The third kappa shape index (κ3) is 4.73. The van der Waals surface area contributed by atoms with E-state index in [4.69, 9.17) is 15.4 Å². The predicted octanol–water partition coefficient (Wildman–Crippen LogP) is 2.53. The summed E-state index contributed by atoms with van der Waals surface area (Å²) in [6.45, 7) is 3.93. The van der Waals surface area contributed by atoms with Crippen LogP contribution in [0.15, 0.2) is 27.6 Å². The zero-order chi connectivity index (χ0) is 15.6. The molecule has 0 aliphatic rings. The van der Waals surface area contributed by atoms with Gasteiger partial charge in [-0.3, -0.25) is 4.79 Å². The van der Waals surface area contributed by atoms with Crippen molar-refractivity contribution in [2.45, 2.75) is 24.3 Å². The van der Waals surface area contributed by atoms with Crippen LogP contribution in [-0.2, 0) is 13.8 Å². The molecule has 112 valence electrons. The highest BCUT2D eigenvalue weighted by Crippen LogP contribution is 2.23. The molecule has 0 aliphatic heterocycles. The van der Waals surface area contributed by atoms with Crippen LogP contribution in [0.5, 0.6) is 0 Å². The SMILES string of the molecule is COC(C)(C)CNC(=O)c1cc(S(=O)(=O)Cl)ccc1Br. The molecule has 8 heteroatoms. The van der Waals surface area contributed by atoms with Crippen molar-refractivity contribution in [3.63, 3.8) is 0 Å². The van der Waals surface area contributed by atoms with E-state index in [0.29, 0.717) is 4.47 Å². The molecule has 1 amide bonds. The molecule has 0 radical (unpaired) electrons. The Hall–Kier alpha value is -0.630. The highest BCUT2D eigenvalue weighted by Gasteiger charge is 2.20. The van der Waals surface area contributed by atoms with E-state index >= 15 is 0 Å². The molecule has 0 aromatic heterocycles. The molecular weight excluding hydrogens is 370 g/mol. The van der Waals surface area contributed by atoms with Crippen molar-refractivity contribution in [2.24, 2.45) is 0 Å². The Bertz CT molecular complexity index is 616. The lowest BCUT2D eigenvalue weighted by molar-refractivity contribution is 0.0228. The standard InChI is InChI=1S/C12H15BrClNO4S/c1-12(2,19-3)7-15-11(16)9-6-8(20(14,17)18)4-5-10(9)13/h4-6H,7H2,1-3H3,(H,15,16). The first-order chi connectivity index (χ1) is 9.07. The van der Waals surface area contributed by atoms with Gasteiger partial charge in [0, 0.05) is 28.8 Å². The highest BCUT2D eigenvalue weighted by atomic mass is 79.9. The quantitative estimate of drug-likeness (QED) is 0.792. The smallest absolute Gasteiger partial charge is 0.261 e. The number of nitrogens with one attached hydrogen (secondary N) is 1. The van der Waals surface area contributed by atoms with Crippen molar-refractivity contribution in [2.75, 3.05) is 13.7 Å². The molecular formula is C12H15BrClNO4S. The van der Waals surface area contributed by atoms with Gasteiger partial charge in [-0.25, -0.2) is 8.42 Å². The van der Waals surface area contributed by atoms with Gasteiger partial charge >= 0.3 is 0 Å². The number of amides is 1. The Morgan fingerprint density at radius 2 is 2.05 bits per heavy atom. The molecule has 0 atom stereocenters. The fourth-order valence-electron chi connectivity index (χ4n) is 1.29. The molecule has 0 heterocycles. The summed E-state index contributed by atoms with van der Waals surface area (Å²) in [6.07, 6.45) is 0. The Morgan fingerprint density at radius 1 is 1.45 bits per heavy atom. The van der Waals surface area contributed by atoms with Crippen molar-refractivity contribution >= 4 is 41.6 Å². The summed E-state index contributed by atoms with van der Waals surface area (Å²) in [5, 5.41) is 2.68. The summed E-state index contributed by atoms with van der Waals surface area (Å²) < 4.78 is 28.2. The van der Waals surface area contributed by atoms with E-state index in [9.17, 15) is 13.2 Å². The highest BCUT2D eigenvalue weighted by molar-refractivity contribution is 9.10. The average Bonchev–Trinajstić information content (AvgIpc) is 2.35. The topological polar surface area (TPSA) is 72.5 Å². The number of halogens is 2. The molecule has 0 spiro atoms. The summed E-state index contributed by atoms with van der Waals surface area (Å²) in [5.41, 5.74) is -0.322. The lowest BCUT2D eigenvalue weighted by Crippen LogP contribution is -2.39. The third-order valence-corrected chi connectivity index (χ3v) is 4.73. The zero-order valence-corrected chi connectivity index (χ0v) is 14.4. The molecule has 1 N–H and O–H groups in total. The Labute approximate surface area is 131 Å². The number of hydrogen-bond acceptors (Lipinski definition) is 4. The number of methoxy groups -OCH3 is 1. The first-order valence-corrected chi connectivity index (χ1v) is 8.74. The van der Waals surface area contributed by atoms with Gasteiger partial charge in [0.25, 0.3) is 15.0 Å². The van der Waals surface area contributed by atoms with Crippen LogP contribution < -0.4 is 5.32 Å². The van der Waals surface area contributed by atoms with Crippen LogP contribution in [0, 0.1) is 0 Å². The van der Waals surface area contributed by atoms with E-state index in [1.54, 1.807) is 7.11 Å². The van der Waals surface area contributed by atoms with Crippen LogP contribution in [0.3, 0.4) is 0 Å². The maximum atomic E-state index is 12.1. The molecule has 1 aromatic carbocycles. The van der Waals surface area contributed by atoms with Gasteiger partial charge in [-0.15, -0.1) is 0 Å². The van der Waals surface area contributed by atoms with Gasteiger partial charge in [-0.2, -0.15) is 0 Å². The summed E-state index contributed by atoms with van der Waals surface area (Å²) >= 11 is 3.21. The average molecular weight is 385 g/mol. The van der Waals surface area contributed by atoms with Gasteiger partial charge in [0.2, 0.25) is 0 Å². The zero-order valence-electron chi connectivity index (χ0n) is 11.2. The van der Waals surface area contributed by atoms with Crippen LogP contribution in [0.4, 0.5) is 0 Å². The van der Waals surface area contributed by atoms with Crippen LogP contribution in [0.2, 0.25) is 0 Å². The van der Waals surface area contributed by atoms with E-state index in [2.05, 4.69) is 21.2 Å². The minimum atomic E-state index is -3.88. The van der Waals surface area contributed by atoms with Crippen LogP contribution >= 0.6 is 26.6 Å². The third-order valence-electron chi connectivity index (χ3n) is 2.69. The maximum absolute atomic E-state index is 12.1. The Kier molecular flexibility index (Phi) is 5.60. The van der Waals surface area contributed by atoms with Crippen molar-refractivity contribution in [3.05, 3.63) is 28.2 Å². The minimum absolute atomic E-state index is 0.126. The van der Waals surface area contributed by atoms with Gasteiger partial charge in [-0.1, -0.05) is 0 Å². The molecule has 0 saturated carbocycles. The van der Waals surface area contributed by atoms with Gasteiger partial charge in [0.15, 0.2) is 0 Å². The predicted molar refractivity (Wildman–Crippen MR) is 80.6 cm³/mol. The fraction of sp³-hybridized carbons (Fsp3) is 0.417. The summed E-state index contributed by atoms with van der Waals surface area (Å²) in [5.74, 6) is -0.413. The normalized spacial score (nSPS) is 12.2. The summed E-state index contributed by atoms with van der Waals surface area (Å²) in [6, 6.07) is 4.01. The van der Waals surface area contributed by atoms with Gasteiger partial charge < -0.3 is 10.1 Å². The monoisotopic (exact) mass is 383 g/mol. The first-order valence-electron chi connectivity index (χ1n) is 5.64. The molecule has 1 aromatic rings. The van der Waals surface area contributed by atoms with E-state index in [-0.39, 0.29) is 17.0 Å². The lowest BCUT2D eigenvalue weighted by atomic mass is 10.1. The number of carbonyl (C=O) groups is 1. The van der Waals surface area contributed by atoms with E-state index in [0.717, 1.165) is 0 Å². The van der Waals surface area contributed by atoms with Crippen LogP contribution in [-0.4, -0.2) is 33.6 Å². The largest absolute Gasteiger partial charge is 0.377 e. The van der Waals surface area contributed by atoms with Gasteiger partial charge in [-0.05, 0) is 48.0 Å². The molecule has 20 heavy (non-hydrogen) atoms. The van der Waals surface area contributed by atoms with E-state index < -0.39 is 20.6 Å². The van der Waals surface area contributed by atoms with Gasteiger partial charge in [0.1, 0.15) is 0 Å². The lowest BCUT2D eigenvalue weighted by Gasteiger charge is -2.23. The number of hydrogen-bond donors (Lipinski definition) is 1.